The van der Waals surface area contributed by atoms with E-state index in [-0.39, 0.29) is 0 Å². The fraction of sp³-hybridized carbons (Fsp3) is 0. The van der Waals surface area contributed by atoms with Crippen LogP contribution in [-0.4, -0.2) is 15.0 Å². The Morgan fingerprint density at radius 3 is 1.00 bits per heavy atom. The van der Waals surface area contributed by atoms with Crippen LogP contribution < -0.4 is 0 Å². The van der Waals surface area contributed by atoms with E-state index in [2.05, 4.69) is 152 Å². The zero-order valence-electron chi connectivity index (χ0n) is 30.5. The maximum Gasteiger partial charge on any atom is 0.164 e. The van der Waals surface area contributed by atoms with Crippen LogP contribution in [0.3, 0.4) is 0 Å². The van der Waals surface area contributed by atoms with Gasteiger partial charge in [0, 0.05) is 16.7 Å². The number of nitrogens with zero attached hydrogens (tertiary/aromatic N) is 3. The van der Waals surface area contributed by atoms with Crippen molar-refractivity contribution in [2.24, 2.45) is 0 Å². The lowest BCUT2D eigenvalue weighted by molar-refractivity contribution is 1.07. The van der Waals surface area contributed by atoms with Gasteiger partial charge < -0.3 is 0 Å². The van der Waals surface area contributed by atoms with Gasteiger partial charge in [-0.2, -0.15) is 0 Å². The highest BCUT2D eigenvalue weighted by atomic mass is 15.0. The van der Waals surface area contributed by atoms with E-state index >= 15 is 0 Å². The van der Waals surface area contributed by atoms with Gasteiger partial charge in [0.1, 0.15) is 0 Å². The minimum Gasteiger partial charge on any atom is -0.208 e. The van der Waals surface area contributed by atoms with Crippen LogP contribution in [-0.2, 0) is 0 Å². The third kappa shape index (κ3) is 6.63. The van der Waals surface area contributed by atoms with E-state index in [0.717, 1.165) is 27.8 Å². The topological polar surface area (TPSA) is 38.7 Å². The molecule has 9 aromatic carbocycles. The third-order valence-electron chi connectivity index (χ3n) is 10.5. The molecule has 262 valence electrons. The molecule has 0 aliphatic heterocycles. The second-order valence-corrected chi connectivity index (χ2v) is 14.1. The van der Waals surface area contributed by atoms with E-state index in [4.69, 9.17) is 15.0 Å². The summed E-state index contributed by atoms with van der Waals surface area (Å²) < 4.78 is 0. The lowest BCUT2D eigenvalue weighted by Crippen LogP contribution is -2.00. The lowest BCUT2D eigenvalue weighted by Gasteiger charge is -2.11. The van der Waals surface area contributed by atoms with Gasteiger partial charge in [0.25, 0.3) is 0 Å². The van der Waals surface area contributed by atoms with E-state index in [1.54, 1.807) is 0 Å². The summed E-state index contributed by atoms with van der Waals surface area (Å²) in [5.41, 5.74) is 12.3. The smallest absolute Gasteiger partial charge is 0.164 e. The molecule has 0 aliphatic rings. The van der Waals surface area contributed by atoms with Gasteiger partial charge in [-0.15, -0.1) is 0 Å². The molecule has 0 spiro atoms. The Balaban J connectivity index is 0.914. The summed E-state index contributed by atoms with van der Waals surface area (Å²) in [4.78, 5) is 14.7. The number of hydrogen-bond donors (Lipinski definition) is 0. The highest BCUT2D eigenvalue weighted by molar-refractivity contribution is 5.92. The third-order valence-corrected chi connectivity index (χ3v) is 10.5. The van der Waals surface area contributed by atoms with Gasteiger partial charge in [-0.1, -0.05) is 182 Å². The van der Waals surface area contributed by atoms with Crippen LogP contribution in [0.1, 0.15) is 0 Å². The van der Waals surface area contributed by atoms with Crippen LogP contribution in [0.25, 0.3) is 100 Å². The SMILES string of the molecule is c1ccc(-c2nc(-c3ccccc3)nc(-c3cccc(-c4ccc(-c5ccc6cc(-c7cccc(-c8ccc9ccccc9c8)c7)ccc6c5)cc4)c3)n2)cc1. The Morgan fingerprint density at radius 2 is 0.482 bits per heavy atom. The molecule has 10 rings (SSSR count). The molecule has 0 fully saturated rings. The Hall–Kier alpha value is -7.49. The zero-order chi connectivity index (χ0) is 37.3. The van der Waals surface area contributed by atoms with Gasteiger partial charge >= 0.3 is 0 Å². The van der Waals surface area contributed by atoms with Crippen LogP contribution in [0.5, 0.6) is 0 Å². The first-order valence-corrected chi connectivity index (χ1v) is 18.9. The van der Waals surface area contributed by atoms with E-state index in [9.17, 15) is 0 Å². The summed E-state index contributed by atoms with van der Waals surface area (Å²) in [7, 11) is 0. The van der Waals surface area contributed by atoms with Crippen LogP contribution >= 0.6 is 0 Å². The number of hydrogen-bond acceptors (Lipinski definition) is 3. The minimum absolute atomic E-state index is 0.646. The molecule has 0 atom stereocenters. The molecule has 3 nitrogen and oxygen atoms in total. The van der Waals surface area contributed by atoms with Gasteiger partial charge in [-0.05, 0) is 96.4 Å². The largest absolute Gasteiger partial charge is 0.208 e. The summed E-state index contributed by atoms with van der Waals surface area (Å²) in [6.07, 6.45) is 0. The molecule has 56 heavy (non-hydrogen) atoms. The van der Waals surface area contributed by atoms with E-state index < -0.39 is 0 Å². The van der Waals surface area contributed by atoms with Crippen LogP contribution in [0.4, 0.5) is 0 Å². The summed E-state index contributed by atoms with van der Waals surface area (Å²) >= 11 is 0. The van der Waals surface area contributed by atoms with Crippen molar-refractivity contribution in [3.8, 4) is 78.7 Å². The molecule has 0 saturated carbocycles. The zero-order valence-corrected chi connectivity index (χ0v) is 30.5. The van der Waals surface area contributed by atoms with Crippen molar-refractivity contribution in [1.29, 1.82) is 0 Å². The second-order valence-electron chi connectivity index (χ2n) is 14.1. The Morgan fingerprint density at radius 1 is 0.179 bits per heavy atom. The van der Waals surface area contributed by atoms with Crippen molar-refractivity contribution in [2.45, 2.75) is 0 Å². The molecule has 0 amide bonds. The predicted octanol–water partition coefficient (Wildman–Crippen LogP) is 13.8. The summed E-state index contributed by atoms with van der Waals surface area (Å²) in [5, 5.41) is 4.96. The molecule has 10 aromatic rings. The van der Waals surface area contributed by atoms with Crippen molar-refractivity contribution < 1.29 is 0 Å². The van der Waals surface area contributed by atoms with Crippen molar-refractivity contribution in [3.05, 3.63) is 212 Å². The summed E-state index contributed by atoms with van der Waals surface area (Å²) in [6.45, 7) is 0. The number of fused-ring (bicyclic) bond motifs is 2. The Kier molecular flexibility index (Phi) is 8.51. The first-order chi connectivity index (χ1) is 27.7. The monoisotopic (exact) mass is 713 g/mol. The second kappa shape index (κ2) is 14.4. The highest BCUT2D eigenvalue weighted by Gasteiger charge is 2.13. The minimum atomic E-state index is 0.646. The maximum absolute atomic E-state index is 4.94. The summed E-state index contributed by atoms with van der Waals surface area (Å²) in [5.74, 6) is 1.96. The molecule has 3 heteroatoms. The quantitative estimate of drug-likeness (QED) is 0.165. The van der Waals surface area contributed by atoms with Crippen LogP contribution in [0.15, 0.2) is 212 Å². The fourth-order valence-electron chi connectivity index (χ4n) is 7.48. The average Bonchev–Trinajstić information content (AvgIpc) is 3.29. The Labute approximate surface area is 326 Å². The van der Waals surface area contributed by atoms with Crippen molar-refractivity contribution in [2.75, 3.05) is 0 Å². The van der Waals surface area contributed by atoms with Gasteiger partial charge in [-0.3, -0.25) is 0 Å². The van der Waals surface area contributed by atoms with E-state index in [0.29, 0.717) is 17.5 Å². The lowest BCUT2D eigenvalue weighted by atomic mass is 9.94. The molecule has 0 aliphatic carbocycles. The normalized spacial score (nSPS) is 11.2. The van der Waals surface area contributed by atoms with Gasteiger partial charge in [0.15, 0.2) is 17.5 Å². The van der Waals surface area contributed by atoms with Crippen molar-refractivity contribution >= 4 is 21.5 Å². The fourth-order valence-corrected chi connectivity index (χ4v) is 7.48. The molecule has 0 N–H and O–H groups in total. The van der Waals surface area contributed by atoms with Gasteiger partial charge in [-0.25, -0.2) is 15.0 Å². The van der Waals surface area contributed by atoms with Gasteiger partial charge in [0.05, 0.1) is 0 Å². The maximum atomic E-state index is 4.94. The number of aromatic nitrogens is 3. The number of rotatable bonds is 7. The molecule has 1 heterocycles. The highest BCUT2D eigenvalue weighted by Crippen LogP contribution is 2.34. The molecular formula is C53H35N3. The van der Waals surface area contributed by atoms with Crippen molar-refractivity contribution in [3.63, 3.8) is 0 Å². The number of benzene rings is 9. The standard InChI is InChI=1S/C53H35N3/c1-3-12-39(13-4-1)51-54-52(40-14-5-2-6-15-40)56-53(55-51)50-20-10-17-42(35-50)37-21-23-38(24-22-37)45-27-28-49-34-47(29-30-48(49)33-45)44-19-9-18-43(32-44)46-26-25-36-11-7-8-16-41(36)31-46/h1-35H. The van der Waals surface area contributed by atoms with E-state index in [1.807, 2.05) is 60.7 Å². The molecule has 0 unspecified atom stereocenters. The Bertz CT molecular complexity index is 2950. The molecule has 0 bridgehead atoms. The van der Waals surface area contributed by atoms with Gasteiger partial charge in [0.2, 0.25) is 0 Å². The average molecular weight is 714 g/mol. The van der Waals surface area contributed by atoms with Crippen molar-refractivity contribution in [1.82, 2.24) is 15.0 Å². The molecular weight excluding hydrogens is 679 g/mol. The predicted molar refractivity (Wildman–Crippen MR) is 233 cm³/mol. The first kappa shape index (κ1) is 33.1. The van der Waals surface area contributed by atoms with E-state index in [1.165, 1.54) is 54.9 Å². The molecule has 0 radical (unpaired) electrons. The summed E-state index contributed by atoms with van der Waals surface area (Å²) in [6, 6.07) is 75.0. The molecule has 1 aromatic heterocycles. The van der Waals surface area contributed by atoms with Crippen LogP contribution in [0.2, 0.25) is 0 Å². The first-order valence-electron chi connectivity index (χ1n) is 18.9. The molecule has 0 saturated heterocycles. The van der Waals surface area contributed by atoms with Crippen LogP contribution in [0, 0.1) is 0 Å².